The van der Waals surface area contributed by atoms with Crippen LogP contribution in [0.1, 0.15) is 27.9 Å². The number of aryl methyl sites for hydroxylation is 2. The second-order valence-electron chi connectivity index (χ2n) is 5.48. The Balaban J connectivity index is 1.96. The summed E-state index contributed by atoms with van der Waals surface area (Å²) < 4.78 is 4.95. The summed E-state index contributed by atoms with van der Waals surface area (Å²) in [6.07, 6.45) is 2.38. The van der Waals surface area contributed by atoms with Crippen LogP contribution < -0.4 is 10.6 Å². The van der Waals surface area contributed by atoms with Crippen molar-refractivity contribution >= 4 is 17.4 Å². The van der Waals surface area contributed by atoms with E-state index in [9.17, 15) is 4.79 Å². The predicted octanol–water partition coefficient (Wildman–Crippen LogP) is 3.21. The van der Waals surface area contributed by atoms with Crippen molar-refractivity contribution in [3.05, 3.63) is 53.2 Å². The lowest BCUT2D eigenvalue weighted by Gasteiger charge is -2.10. The maximum Gasteiger partial charge on any atom is 0.252 e. The molecule has 0 atom stereocenters. The van der Waals surface area contributed by atoms with Crippen molar-refractivity contribution in [2.45, 2.75) is 20.3 Å². The summed E-state index contributed by atoms with van der Waals surface area (Å²) >= 11 is 0. The highest BCUT2D eigenvalue weighted by Crippen LogP contribution is 2.20. The van der Waals surface area contributed by atoms with Crippen molar-refractivity contribution in [2.75, 3.05) is 25.6 Å². The number of benzene rings is 1. The van der Waals surface area contributed by atoms with Crippen molar-refractivity contribution in [3.63, 3.8) is 0 Å². The zero-order valence-electron chi connectivity index (χ0n) is 13.8. The van der Waals surface area contributed by atoms with Gasteiger partial charge in [-0.2, -0.15) is 0 Å². The van der Waals surface area contributed by atoms with Crippen molar-refractivity contribution in [1.29, 1.82) is 0 Å². The van der Waals surface area contributed by atoms with E-state index >= 15 is 0 Å². The van der Waals surface area contributed by atoms with Gasteiger partial charge < -0.3 is 15.4 Å². The number of ether oxygens (including phenoxy) is 1. The van der Waals surface area contributed by atoms with Gasteiger partial charge in [0.05, 0.1) is 5.56 Å². The van der Waals surface area contributed by atoms with Gasteiger partial charge in [0, 0.05) is 32.1 Å². The number of aromatic nitrogens is 1. The number of carbonyl (C=O) groups excluding carboxylic acids is 1. The van der Waals surface area contributed by atoms with Crippen molar-refractivity contribution in [1.82, 2.24) is 10.3 Å². The molecule has 1 aromatic heterocycles. The van der Waals surface area contributed by atoms with Crippen LogP contribution in [-0.2, 0) is 4.74 Å². The third-order valence-electron chi connectivity index (χ3n) is 3.49. The Bertz CT molecular complexity index is 654. The van der Waals surface area contributed by atoms with E-state index in [1.54, 1.807) is 19.4 Å². The summed E-state index contributed by atoms with van der Waals surface area (Å²) in [5.41, 5.74) is 3.91. The number of anilines is 2. The van der Waals surface area contributed by atoms with E-state index in [0.717, 1.165) is 23.5 Å². The van der Waals surface area contributed by atoms with Gasteiger partial charge in [-0.1, -0.05) is 12.1 Å². The van der Waals surface area contributed by atoms with E-state index in [4.69, 9.17) is 4.74 Å². The molecule has 0 aliphatic rings. The minimum Gasteiger partial charge on any atom is -0.385 e. The monoisotopic (exact) mass is 313 g/mol. The average Bonchev–Trinajstić information content (AvgIpc) is 2.55. The van der Waals surface area contributed by atoms with Crippen LogP contribution in [0.25, 0.3) is 0 Å². The van der Waals surface area contributed by atoms with Gasteiger partial charge in [-0.25, -0.2) is 4.98 Å². The fraction of sp³-hybridized carbons (Fsp3) is 0.333. The molecule has 5 heteroatoms. The Morgan fingerprint density at radius 1 is 1.22 bits per heavy atom. The van der Waals surface area contributed by atoms with E-state index < -0.39 is 0 Å². The minimum atomic E-state index is -0.119. The number of pyridine rings is 1. The molecule has 1 heterocycles. The fourth-order valence-electron chi connectivity index (χ4n) is 2.13. The second-order valence-corrected chi connectivity index (χ2v) is 5.48. The molecule has 0 spiro atoms. The highest BCUT2D eigenvalue weighted by atomic mass is 16.5. The third kappa shape index (κ3) is 5.07. The van der Waals surface area contributed by atoms with Gasteiger partial charge in [-0.15, -0.1) is 0 Å². The van der Waals surface area contributed by atoms with Gasteiger partial charge in [0.2, 0.25) is 0 Å². The van der Waals surface area contributed by atoms with E-state index in [1.165, 1.54) is 5.56 Å². The van der Waals surface area contributed by atoms with Crippen LogP contribution in [0.4, 0.5) is 11.5 Å². The molecule has 0 saturated carbocycles. The first kappa shape index (κ1) is 17.0. The summed E-state index contributed by atoms with van der Waals surface area (Å²) in [5.74, 6) is 0.599. The maximum absolute atomic E-state index is 12.0. The zero-order chi connectivity index (χ0) is 16.7. The van der Waals surface area contributed by atoms with Crippen molar-refractivity contribution < 1.29 is 9.53 Å². The lowest BCUT2D eigenvalue weighted by Crippen LogP contribution is -2.25. The SMILES string of the molecule is COCCCNC(=O)c1ccc(Nc2cc(C)ccc2C)nc1. The molecular weight excluding hydrogens is 290 g/mol. The molecule has 0 bridgehead atoms. The van der Waals surface area contributed by atoms with Gasteiger partial charge in [0.1, 0.15) is 5.82 Å². The number of nitrogens with one attached hydrogen (secondary N) is 2. The van der Waals surface area contributed by atoms with Crippen molar-refractivity contribution in [3.8, 4) is 0 Å². The molecule has 1 amide bonds. The fourth-order valence-corrected chi connectivity index (χ4v) is 2.13. The molecule has 122 valence electrons. The van der Waals surface area contributed by atoms with Crippen LogP contribution in [0.15, 0.2) is 36.5 Å². The number of hydrogen-bond acceptors (Lipinski definition) is 4. The predicted molar refractivity (Wildman–Crippen MR) is 92.3 cm³/mol. The molecule has 1 aromatic carbocycles. The lowest BCUT2D eigenvalue weighted by atomic mass is 10.1. The summed E-state index contributed by atoms with van der Waals surface area (Å²) in [4.78, 5) is 16.3. The van der Waals surface area contributed by atoms with E-state index in [1.807, 2.05) is 13.0 Å². The Hall–Kier alpha value is -2.40. The molecule has 2 aromatic rings. The average molecular weight is 313 g/mol. The number of hydrogen-bond donors (Lipinski definition) is 2. The van der Waals surface area contributed by atoms with Crippen molar-refractivity contribution in [2.24, 2.45) is 0 Å². The topological polar surface area (TPSA) is 63.2 Å². The molecule has 0 aliphatic carbocycles. The minimum absolute atomic E-state index is 0.119. The number of amides is 1. The number of carbonyl (C=O) groups is 1. The van der Waals surface area contributed by atoms with Crippen LogP contribution in [0, 0.1) is 13.8 Å². The van der Waals surface area contributed by atoms with Gasteiger partial charge >= 0.3 is 0 Å². The first-order chi connectivity index (χ1) is 11.1. The van der Waals surface area contributed by atoms with Crippen LogP contribution in [0.3, 0.4) is 0 Å². The quantitative estimate of drug-likeness (QED) is 0.771. The van der Waals surface area contributed by atoms with Crippen LogP contribution in [0.2, 0.25) is 0 Å². The largest absolute Gasteiger partial charge is 0.385 e. The summed E-state index contributed by atoms with van der Waals surface area (Å²) in [5, 5.41) is 6.12. The number of methoxy groups -OCH3 is 1. The van der Waals surface area contributed by atoms with E-state index in [0.29, 0.717) is 18.7 Å². The molecule has 0 aliphatic heterocycles. The number of rotatable bonds is 7. The van der Waals surface area contributed by atoms with Gasteiger partial charge in [-0.3, -0.25) is 4.79 Å². The molecule has 23 heavy (non-hydrogen) atoms. The standard InChI is InChI=1S/C18H23N3O2/c1-13-5-6-14(2)16(11-13)21-17-8-7-15(12-20-17)18(22)19-9-4-10-23-3/h5-8,11-12H,4,9-10H2,1-3H3,(H,19,22)(H,20,21). The maximum atomic E-state index is 12.0. The van der Waals surface area contributed by atoms with Gasteiger partial charge in [0.25, 0.3) is 5.91 Å². The summed E-state index contributed by atoms with van der Waals surface area (Å²) in [6, 6.07) is 9.80. The number of nitrogens with zero attached hydrogens (tertiary/aromatic N) is 1. The first-order valence-electron chi connectivity index (χ1n) is 7.67. The molecule has 0 saturated heterocycles. The Morgan fingerprint density at radius 2 is 2.04 bits per heavy atom. The highest BCUT2D eigenvalue weighted by Gasteiger charge is 2.06. The lowest BCUT2D eigenvalue weighted by molar-refractivity contribution is 0.0948. The summed E-state index contributed by atoms with van der Waals surface area (Å²) in [6.45, 7) is 5.32. The Labute approximate surface area is 137 Å². The normalized spacial score (nSPS) is 10.4. The Kier molecular flexibility index (Phi) is 6.11. The molecule has 0 unspecified atom stereocenters. The molecule has 0 fully saturated rings. The second kappa shape index (κ2) is 8.29. The van der Waals surface area contributed by atoms with Gasteiger partial charge in [-0.05, 0) is 49.6 Å². The Morgan fingerprint density at radius 3 is 2.74 bits per heavy atom. The van der Waals surface area contributed by atoms with Gasteiger partial charge in [0.15, 0.2) is 0 Å². The molecular formula is C18H23N3O2. The molecule has 0 radical (unpaired) electrons. The van der Waals surface area contributed by atoms with Crippen LogP contribution in [-0.4, -0.2) is 31.2 Å². The first-order valence-corrected chi connectivity index (χ1v) is 7.67. The molecule has 5 nitrogen and oxygen atoms in total. The molecule has 2 N–H and O–H groups in total. The smallest absolute Gasteiger partial charge is 0.252 e. The van der Waals surface area contributed by atoms with E-state index in [2.05, 4.69) is 40.7 Å². The summed E-state index contributed by atoms with van der Waals surface area (Å²) in [7, 11) is 1.65. The highest BCUT2D eigenvalue weighted by molar-refractivity contribution is 5.94. The molecule has 2 rings (SSSR count). The van der Waals surface area contributed by atoms with E-state index in [-0.39, 0.29) is 5.91 Å². The zero-order valence-corrected chi connectivity index (χ0v) is 13.8. The van der Waals surface area contributed by atoms with Crippen LogP contribution >= 0.6 is 0 Å². The van der Waals surface area contributed by atoms with Crippen LogP contribution in [0.5, 0.6) is 0 Å². The third-order valence-corrected chi connectivity index (χ3v) is 3.49.